The molecule has 3 heterocycles. The maximum Gasteiger partial charge on any atom is 0.196 e. The average Bonchev–Trinajstić information content (AvgIpc) is 3.38. The van der Waals surface area contributed by atoms with Gasteiger partial charge in [0.15, 0.2) is 11.0 Å². The molecule has 1 aliphatic carbocycles. The first-order chi connectivity index (χ1) is 14.3. The summed E-state index contributed by atoms with van der Waals surface area (Å²) < 4.78 is 7.67. The van der Waals surface area contributed by atoms with Crippen molar-refractivity contribution in [3.63, 3.8) is 0 Å². The second-order valence-corrected chi connectivity index (χ2v) is 8.18. The van der Waals surface area contributed by atoms with E-state index in [1.54, 1.807) is 24.2 Å². The highest BCUT2D eigenvalue weighted by molar-refractivity contribution is 7.98. The third kappa shape index (κ3) is 3.58. The predicted molar refractivity (Wildman–Crippen MR) is 112 cm³/mol. The molecule has 0 aliphatic heterocycles. The van der Waals surface area contributed by atoms with Crippen LogP contribution in [-0.2, 0) is 18.6 Å². The SMILES string of the molecule is Cc1ccc(-n2c(SCc3noc4c3CCCC4)nnc2-c2ccncc2)cc1. The first-order valence-corrected chi connectivity index (χ1v) is 10.8. The summed E-state index contributed by atoms with van der Waals surface area (Å²) in [5.41, 5.74) is 5.57. The fraction of sp³-hybridized carbons (Fsp3) is 0.273. The van der Waals surface area contributed by atoms with E-state index >= 15 is 0 Å². The Labute approximate surface area is 173 Å². The van der Waals surface area contributed by atoms with E-state index in [-0.39, 0.29) is 0 Å². The molecule has 1 aromatic carbocycles. The maximum absolute atomic E-state index is 5.56. The summed E-state index contributed by atoms with van der Waals surface area (Å²) in [6.45, 7) is 2.09. The van der Waals surface area contributed by atoms with Gasteiger partial charge in [0, 0.05) is 41.4 Å². The van der Waals surface area contributed by atoms with E-state index in [1.807, 2.05) is 12.1 Å². The number of thioether (sulfide) groups is 1. The molecule has 29 heavy (non-hydrogen) atoms. The Morgan fingerprint density at radius 2 is 1.79 bits per heavy atom. The van der Waals surface area contributed by atoms with Gasteiger partial charge < -0.3 is 4.52 Å². The molecule has 0 amide bonds. The van der Waals surface area contributed by atoms with Crippen LogP contribution < -0.4 is 0 Å². The third-order valence-electron chi connectivity index (χ3n) is 5.23. The van der Waals surface area contributed by atoms with E-state index in [4.69, 9.17) is 4.52 Å². The number of aromatic nitrogens is 5. The van der Waals surface area contributed by atoms with E-state index in [1.165, 1.54) is 24.0 Å². The lowest BCUT2D eigenvalue weighted by Gasteiger charge is -2.11. The fourth-order valence-corrected chi connectivity index (χ4v) is 4.59. The van der Waals surface area contributed by atoms with Gasteiger partial charge in [-0.1, -0.05) is 34.6 Å². The van der Waals surface area contributed by atoms with Crippen LogP contribution in [0.3, 0.4) is 0 Å². The highest BCUT2D eigenvalue weighted by Gasteiger charge is 2.21. The topological polar surface area (TPSA) is 69.6 Å². The van der Waals surface area contributed by atoms with Gasteiger partial charge in [0.1, 0.15) is 5.76 Å². The van der Waals surface area contributed by atoms with Crippen LogP contribution in [0.4, 0.5) is 0 Å². The second-order valence-electron chi connectivity index (χ2n) is 7.24. The van der Waals surface area contributed by atoms with Crippen LogP contribution in [0.15, 0.2) is 58.5 Å². The number of pyridine rings is 1. The van der Waals surface area contributed by atoms with E-state index in [0.29, 0.717) is 0 Å². The van der Waals surface area contributed by atoms with Crippen LogP contribution in [-0.4, -0.2) is 24.9 Å². The van der Waals surface area contributed by atoms with Gasteiger partial charge >= 0.3 is 0 Å². The largest absolute Gasteiger partial charge is 0.361 e. The van der Waals surface area contributed by atoms with Crippen LogP contribution in [0.1, 0.15) is 35.4 Å². The normalized spacial score (nSPS) is 13.4. The lowest BCUT2D eigenvalue weighted by Crippen LogP contribution is -2.02. The quantitative estimate of drug-likeness (QED) is 0.446. The molecule has 0 saturated heterocycles. The molecule has 0 radical (unpaired) electrons. The maximum atomic E-state index is 5.56. The zero-order valence-corrected chi connectivity index (χ0v) is 17.0. The van der Waals surface area contributed by atoms with E-state index in [0.717, 1.165) is 52.3 Å². The minimum absolute atomic E-state index is 0.721. The van der Waals surface area contributed by atoms with E-state index in [9.17, 15) is 0 Å². The summed E-state index contributed by atoms with van der Waals surface area (Å²) in [4.78, 5) is 4.12. The Hall–Kier alpha value is -2.93. The molecule has 5 rings (SSSR count). The van der Waals surface area contributed by atoms with Crippen LogP contribution in [0, 0.1) is 6.92 Å². The molecule has 6 nitrogen and oxygen atoms in total. The molecular formula is C22H21N5OS. The van der Waals surface area contributed by atoms with Gasteiger partial charge in [0.05, 0.1) is 5.69 Å². The standard InChI is InChI=1S/C22H21N5OS/c1-15-6-8-17(9-7-15)27-21(16-10-12-23-13-11-16)24-25-22(27)29-14-19-18-4-2-3-5-20(18)28-26-19/h6-13H,2-5,14H2,1H3. The molecule has 0 saturated carbocycles. The van der Waals surface area contributed by atoms with Crippen molar-refractivity contribution in [2.45, 2.75) is 43.5 Å². The summed E-state index contributed by atoms with van der Waals surface area (Å²) in [7, 11) is 0. The molecule has 146 valence electrons. The van der Waals surface area contributed by atoms with Crippen molar-refractivity contribution in [2.75, 3.05) is 0 Å². The second kappa shape index (κ2) is 7.83. The molecule has 0 atom stereocenters. The summed E-state index contributed by atoms with van der Waals surface area (Å²) in [6.07, 6.45) is 8.00. The number of benzene rings is 1. The average molecular weight is 404 g/mol. The van der Waals surface area contributed by atoms with Crippen LogP contribution in [0.2, 0.25) is 0 Å². The van der Waals surface area contributed by atoms with Crippen LogP contribution in [0.25, 0.3) is 17.1 Å². The van der Waals surface area contributed by atoms with Crippen molar-refractivity contribution in [2.24, 2.45) is 0 Å². The van der Waals surface area contributed by atoms with E-state index in [2.05, 4.69) is 56.1 Å². The summed E-state index contributed by atoms with van der Waals surface area (Å²) in [5.74, 6) is 2.59. The van der Waals surface area contributed by atoms with Gasteiger partial charge in [-0.2, -0.15) is 0 Å². The molecule has 4 aromatic rings. The number of fused-ring (bicyclic) bond motifs is 1. The van der Waals surface area contributed by atoms with Crippen molar-refractivity contribution in [3.8, 4) is 17.1 Å². The van der Waals surface area contributed by atoms with Gasteiger partial charge in [-0.25, -0.2) is 0 Å². The zero-order chi connectivity index (χ0) is 19.6. The molecule has 0 bridgehead atoms. The Bertz CT molecular complexity index is 1120. The molecule has 3 aromatic heterocycles. The van der Waals surface area contributed by atoms with Crippen LogP contribution >= 0.6 is 11.8 Å². The molecule has 0 unspecified atom stereocenters. The minimum atomic E-state index is 0.721. The third-order valence-corrected chi connectivity index (χ3v) is 6.17. The Kier molecular flexibility index (Phi) is 4.89. The van der Waals surface area contributed by atoms with E-state index < -0.39 is 0 Å². The molecule has 0 N–H and O–H groups in total. The number of aryl methyl sites for hydroxylation is 2. The molecule has 1 aliphatic rings. The number of hydrogen-bond acceptors (Lipinski definition) is 6. The summed E-state index contributed by atoms with van der Waals surface area (Å²) >= 11 is 1.64. The molecule has 0 fully saturated rings. The summed E-state index contributed by atoms with van der Waals surface area (Å²) in [5, 5.41) is 14.2. The highest BCUT2D eigenvalue weighted by atomic mass is 32.2. The van der Waals surface area contributed by atoms with Crippen molar-refractivity contribution < 1.29 is 4.52 Å². The van der Waals surface area contributed by atoms with Gasteiger partial charge in [0.25, 0.3) is 0 Å². The molecular weight excluding hydrogens is 382 g/mol. The number of nitrogens with zero attached hydrogens (tertiary/aromatic N) is 5. The first-order valence-electron chi connectivity index (χ1n) is 9.81. The Balaban J connectivity index is 1.50. The molecule has 7 heteroatoms. The van der Waals surface area contributed by atoms with Crippen molar-refractivity contribution >= 4 is 11.8 Å². The molecule has 0 spiro atoms. The lowest BCUT2D eigenvalue weighted by atomic mass is 9.97. The van der Waals surface area contributed by atoms with Gasteiger partial charge in [0.2, 0.25) is 0 Å². The Morgan fingerprint density at radius 1 is 1.00 bits per heavy atom. The van der Waals surface area contributed by atoms with Gasteiger partial charge in [-0.05, 0) is 50.5 Å². The van der Waals surface area contributed by atoms with Gasteiger partial charge in [-0.15, -0.1) is 10.2 Å². The predicted octanol–water partition coefficient (Wildman–Crippen LogP) is 4.80. The van der Waals surface area contributed by atoms with Crippen LogP contribution in [0.5, 0.6) is 0 Å². The van der Waals surface area contributed by atoms with Crippen molar-refractivity contribution in [1.29, 1.82) is 0 Å². The highest BCUT2D eigenvalue weighted by Crippen LogP contribution is 2.32. The first kappa shape index (κ1) is 18.1. The Morgan fingerprint density at radius 3 is 2.62 bits per heavy atom. The lowest BCUT2D eigenvalue weighted by molar-refractivity contribution is 0.369. The smallest absolute Gasteiger partial charge is 0.196 e. The summed E-state index contributed by atoms with van der Waals surface area (Å²) in [6, 6.07) is 12.3. The van der Waals surface area contributed by atoms with Crippen molar-refractivity contribution in [1.82, 2.24) is 24.9 Å². The minimum Gasteiger partial charge on any atom is -0.361 e. The van der Waals surface area contributed by atoms with Crippen molar-refractivity contribution in [3.05, 3.63) is 71.4 Å². The van der Waals surface area contributed by atoms with Gasteiger partial charge in [-0.3, -0.25) is 9.55 Å². The fourth-order valence-electron chi connectivity index (χ4n) is 3.67. The zero-order valence-electron chi connectivity index (χ0n) is 16.2. The number of rotatable bonds is 5. The monoisotopic (exact) mass is 403 g/mol. The number of hydrogen-bond donors (Lipinski definition) is 0.